The molecule has 0 spiro atoms. The molecule has 2 heterocycles. The Labute approximate surface area is 187 Å². The minimum absolute atomic E-state index is 0.0453. The second kappa shape index (κ2) is 8.58. The Hall–Kier alpha value is -2.70. The van der Waals surface area contributed by atoms with E-state index in [4.69, 9.17) is 9.88 Å². The molecule has 178 valence electrons. The van der Waals surface area contributed by atoms with Crippen LogP contribution in [0.1, 0.15) is 23.1 Å². The van der Waals surface area contributed by atoms with Crippen LogP contribution in [0.2, 0.25) is 0 Å². The molecule has 2 aliphatic heterocycles. The standard InChI is InChI=1S/C21H21F4N3O4S/c22-19-10-17(3-4-18(19)21(23,24)25)32-16-2-1-13-5-7-27(11-15(13)9-16)20(29)14-6-8-28(12-14)33(26,30)31/h1-4,9-10,14H,5-8,11-12H2,(H2,26,30,31). The highest BCUT2D eigenvalue weighted by Crippen LogP contribution is 2.34. The molecule has 0 aliphatic carbocycles. The van der Waals surface area contributed by atoms with Crippen molar-refractivity contribution in [1.29, 1.82) is 0 Å². The number of carbonyl (C=O) groups is 1. The van der Waals surface area contributed by atoms with E-state index >= 15 is 0 Å². The Morgan fingerprint density at radius 3 is 2.39 bits per heavy atom. The van der Waals surface area contributed by atoms with Gasteiger partial charge in [0, 0.05) is 32.2 Å². The number of nitrogens with two attached hydrogens (primary N) is 1. The summed E-state index contributed by atoms with van der Waals surface area (Å²) in [5, 5.41) is 5.14. The van der Waals surface area contributed by atoms with Gasteiger partial charge in [-0.2, -0.15) is 25.9 Å². The number of benzene rings is 2. The first-order valence-electron chi connectivity index (χ1n) is 10.1. The molecule has 1 saturated heterocycles. The van der Waals surface area contributed by atoms with Gasteiger partial charge in [-0.25, -0.2) is 9.53 Å². The summed E-state index contributed by atoms with van der Waals surface area (Å²) >= 11 is 0. The number of hydrogen-bond acceptors (Lipinski definition) is 4. The molecule has 4 rings (SSSR count). The van der Waals surface area contributed by atoms with Gasteiger partial charge in [0.25, 0.3) is 10.2 Å². The predicted molar refractivity (Wildman–Crippen MR) is 110 cm³/mol. The zero-order valence-electron chi connectivity index (χ0n) is 17.3. The van der Waals surface area contributed by atoms with Gasteiger partial charge in [0.05, 0.1) is 11.5 Å². The summed E-state index contributed by atoms with van der Waals surface area (Å²) in [6, 6.07) is 7.43. The average Bonchev–Trinajstić information content (AvgIpc) is 3.22. The molecule has 12 heteroatoms. The third-order valence-electron chi connectivity index (χ3n) is 5.84. The molecule has 2 N–H and O–H groups in total. The highest BCUT2D eigenvalue weighted by molar-refractivity contribution is 7.86. The van der Waals surface area contributed by atoms with Gasteiger partial charge in [-0.05, 0) is 48.2 Å². The van der Waals surface area contributed by atoms with Gasteiger partial charge in [-0.3, -0.25) is 4.79 Å². The van der Waals surface area contributed by atoms with Crippen molar-refractivity contribution < 1.29 is 35.5 Å². The van der Waals surface area contributed by atoms with Gasteiger partial charge in [0.1, 0.15) is 17.3 Å². The van der Waals surface area contributed by atoms with Crippen molar-refractivity contribution in [3.8, 4) is 11.5 Å². The molecule has 1 unspecified atom stereocenters. The van der Waals surface area contributed by atoms with Crippen LogP contribution in [-0.2, 0) is 34.1 Å². The van der Waals surface area contributed by atoms with E-state index in [0.717, 1.165) is 21.5 Å². The first-order valence-corrected chi connectivity index (χ1v) is 11.6. The number of hydrogen-bond donors (Lipinski definition) is 1. The molecule has 2 aliphatic rings. The average molecular weight is 487 g/mol. The van der Waals surface area contributed by atoms with Gasteiger partial charge >= 0.3 is 6.18 Å². The maximum Gasteiger partial charge on any atom is 0.419 e. The molecule has 7 nitrogen and oxygen atoms in total. The number of ether oxygens (including phenoxy) is 1. The third kappa shape index (κ3) is 5.12. The molecule has 0 radical (unpaired) electrons. The highest BCUT2D eigenvalue weighted by Gasteiger charge is 2.36. The molecule has 33 heavy (non-hydrogen) atoms. The number of halogens is 4. The molecule has 1 fully saturated rings. The molecule has 1 amide bonds. The maximum absolute atomic E-state index is 13.8. The topological polar surface area (TPSA) is 92.9 Å². The van der Waals surface area contributed by atoms with Crippen LogP contribution in [0.5, 0.6) is 11.5 Å². The van der Waals surface area contributed by atoms with Crippen molar-refractivity contribution in [3.63, 3.8) is 0 Å². The lowest BCUT2D eigenvalue weighted by Crippen LogP contribution is -2.41. The fourth-order valence-electron chi connectivity index (χ4n) is 4.13. The van der Waals surface area contributed by atoms with E-state index in [1.807, 2.05) is 0 Å². The van der Waals surface area contributed by atoms with Crippen molar-refractivity contribution in [1.82, 2.24) is 9.21 Å². The van der Waals surface area contributed by atoms with Gasteiger partial charge in [0.2, 0.25) is 5.91 Å². The lowest BCUT2D eigenvalue weighted by Gasteiger charge is -2.31. The van der Waals surface area contributed by atoms with Gasteiger partial charge in [0.15, 0.2) is 0 Å². The number of carbonyl (C=O) groups excluding carboxylic acids is 1. The van der Waals surface area contributed by atoms with Crippen molar-refractivity contribution in [2.75, 3.05) is 19.6 Å². The van der Waals surface area contributed by atoms with E-state index in [1.54, 1.807) is 23.1 Å². The lowest BCUT2D eigenvalue weighted by atomic mass is 9.97. The summed E-state index contributed by atoms with van der Waals surface area (Å²) in [7, 11) is -3.84. The first kappa shape index (κ1) is 23.5. The largest absolute Gasteiger partial charge is 0.457 e. The molecule has 0 bridgehead atoms. The molecular formula is C21H21F4N3O4S. The van der Waals surface area contributed by atoms with Crippen LogP contribution in [0, 0.1) is 11.7 Å². The fraction of sp³-hybridized carbons (Fsp3) is 0.381. The number of amides is 1. The van der Waals surface area contributed by atoms with Crippen LogP contribution in [0.15, 0.2) is 36.4 Å². The number of alkyl halides is 3. The SMILES string of the molecule is NS(=O)(=O)N1CCC(C(=O)N2CCc3ccc(Oc4ccc(C(F)(F)F)c(F)c4)cc3C2)C1. The number of rotatable bonds is 4. The Kier molecular flexibility index (Phi) is 6.10. The number of fused-ring (bicyclic) bond motifs is 1. The summed E-state index contributed by atoms with van der Waals surface area (Å²) < 4.78 is 81.7. The van der Waals surface area contributed by atoms with Crippen molar-refractivity contribution in [3.05, 3.63) is 58.9 Å². The van der Waals surface area contributed by atoms with E-state index < -0.39 is 33.7 Å². The minimum Gasteiger partial charge on any atom is -0.457 e. The van der Waals surface area contributed by atoms with Crippen LogP contribution >= 0.6 is 0 Å². The van der Waals surface area contributed by atoms with E-state index in [0.29, 0.717) is 37.3 Å². The molecule has 2 aromatic rings. The Morgan fingerprint density at radius 1 is 1.06 bits per heavy atom. The van der Waals surface area contributed by atoms with E-state index in [9.17, 15) is 30.8 Å². The molecule has 0 saturated carbocycles. The normalized spacial score (nSPS) is 19.4. The van der Waals surface area contributed by atoms with E-state index in [-0.39, 0.29) is 31.3 Å². The monoisotopic (exact) mass is 487 g/mol. The van der Waals surface area contributed by atoms with E-state index in [1.165, 1.54) is 0 Å². The second-order valence-corrected chi connectivity index (χ2v) is 9.62. The van der Waals surface area contributed by atoms with Gasteiger partial charge in [-0.15, -0.1) is 0 Å². The zero-order valence-corrected chi connectivity index (χ0v) is 18.1. The summed E-state index contributed by atoms with van der Waals surface area (Å²) in [6.45, 7) is 0.992. The maximum atomic E-state index is 13.8. The van der Waals surface area contributed by atoms with Crippen LogP contribution in [0.25, 0.3) is 0 Å². The molecule has 0 aromatic heterocycles. The van der Waals surface area contributed by atoms with Crippen LogP contribution in [0.3, 0.4) is 0 Å². The summed E-state index contributed by atoms with van der Waals surface area (Å²) in [5.74, 6) is -1.86. The summed E-state index contributed by atoms with van der Waals surface area (Å²) in [6.07, 6.45) is -3.82. The Morgan fingerprint density at radius 2 is 1.76 bits per heavy atom. The smallest absolute Gasteiger partial charge is 0.419 e. The fourth-order valence-corrected chi connectivity index (χ4v) is 4.88. The van der Waals surface area contributed by atoms with Crippen LogP contribution in [0.4, 0.5) is 17.6 Å². The molecule has 2 aromatic carbocycles. The predicted octanol–water partition coefficient (Wildman–Crippen LogP) is 3.05. The second-order valence-electron chi connectivity index (χ2n) is 8.07. The van der Waals surface area contributed by atoms with E-state index in [2.05, 4.69) is 0 Å². The Bertz CT molecular complexity index is 1190. The minimum atomic E-state index is -4.80. The first-order chi connectivity index (χ1) is 15.4. The highest BCUT2D eigenvalue weighted by atomic mass is 32.2. The van der Waals surface area contributed by atoms with Crippen LogP contribution < -0.4 is 9.88 Å². The van der Waals surface area contributed by atoms with Gasteiger partial charge < -0.3 is 9.64 Å². The number of nitrogens with zero attached hydrogens (tertiary/aromatic N) is 2. The quantitative estimate of drug-likeness (QED) is 0.671. The van der Waals surface area contributed by atoms with Crippen molar-refractivity contribution >= 4 is 16.1 Å². The summed E-state index contributed by atoms with van der Waals surface area (Å²) in [5.41, 5.74) is 0.408. The summed E-state index contributed by atoms with van der Waals surface area (Å²) in [4.78, 5) is 14.5. The molecular weight excluding hydrogens is 466 g/mol. The van der Waals surface area contributed by atoms with Crippen LogP contribution in [-0.4, -0.2) is 43.2 Å². The van der Waals surface area contributed by atoms with Crippen molar-refractivity contribution in [2.45, 2.75) is 25.6 Å². The van der Waals surface area contributed by atoms with Crippen molar-refractivity contribution in [2.24, 2.45) is 11.1 Å². The Balaban J connectivity index is 1.46. The van der Waals surface area contributed by atoms with Gasteiger partial charge in [-0.1, -0.05) is 6.07 Å². The third-order valence-corrected chi connectivity index (χ3v) is 6.89. The zero-order chi connectivity index (χ0) is 24.0. The lowest BCUT2D eigenvalue weighted by molar-refractivity contribution is -0.140. The molecule has 1 atom stereocenters.